The Morgan fingerprint density at radius 1 is 1.15 bits per heavy atom. The number of rotatable bonds is 6. The third-order valence-corrected chi connectivity index (χ3v) is 3.29. The average Bonchev–Trinajstić information content (AvgIpc) is 2.48. The fraction of sp³-hybridized carbons (Fsp3) is 0.294. The lowest BCUT2D eigenvalue weighted by molar-refractivity contribution is 0.0952. The lowest BCUT2D eigenvalue weighted by Gasteiger charge is -2.07. The molecule has 2 aromatic rings. The number of carbonyl (C=O) groups excluding carboxylic acids is 1. The maximum absolute atomic E-state index is 12.0. The van der Waals surface area contributed by atoms with Gasteiger partial charge in [-0.15, -0.1) is 0 Å². The molecule has 1 heterocycles. The number of carbonyl (C=O) groups is 1. The summed E-state index contributed by atoms with van der Waals surface area (Å²) in [5.74, 6) is 0.0180. The summed E-state index contributed by atoms with van der Waals surface area (Å²) in [7, 11) is 0. The molecule has 0 unspecified atom stereocenters. The van der Waals surface area contributed by atoms with Gasteiger partial charge in [0, 0.05) is 24.5 Å². The summed E-state index contributed by atoms with van der Waals surface area (Å²) in [6.45, 7) is 2.67. The standard InChI is InChI=1S/C17H20N2O/c1-14-7-2-3-10-16(14)17(20)19-12-5-4-8-15-9-6-11-18-13-15/h2-3,6-7,9-11,13H,4-5,8,12H2,1H3,(H,19,20). The van der Waals surface area contributed by atoms with Crippen LogP contribution in [0.25, 0.3) is 0 Å². The zero-order chi connectivity index (χ0) is 14.2. The van der Waals surface area contributed by atoms with E-state index in [0.717, 1.165) is 30.4 Å². The number of hydrogen-bond donors (Lipinski definition) is 1. The van der Waals surface area contributed by atoms with Crippen molar-refractivity contribution in [1.29, 1.82) is 0 Å². The molecule has 3 nitrogen and oxygen atoms in total. The van der Waals surface area contributed by atoms with E-state index >= 15 is 0 Å². The van der Waals surface area contributed by atoms with Crippen molar-refractivity contribution < 1.29 is 4.79 Å². The van der Waals surface area contributed by atoms with Crippen molar-refractivity contribution in [3.63, 3.8) is 0 Å². The molecule has 0 aliphatic carbocycles. The second-order valence-electron chi connectivity index (χ2n) is 4.89. The molecule has 20 heavy (non-hydrogen) atoms. The first-order valence-electron chi connectivity index (χ1n) is 7.00. The molecule has 1 aromatic heterocycles. The van der Waals surface area contributed by atoms with E-state index in [1.165, 1.54) is 5.56 Å². The first-order valence-corrected chi connectivity index (χ1v) is 7.00. The van der Waals surface area contributed by atoms with E-state index in [0.29, 0.717) is 6.54 Å². The summed E-state index contributed by atoms with van der Waals surface area (Å²) < 4.78 is 0. The fourth-order valence-electron chi connectivity index (χ4n) is 2.12. The Bertz CT molecular complexity index is 552. The predicted octanol–water partition coefficient (Wildman–Crippen LogP) is 3.14. The topological polar surface area (TPSA) is 42.0 Å². The Hall–Kier alpha value is -2.16. The van der Waals surface area contributed by atoms with E-state index in [9.17, 15) is 4.79 Å². The van der Waals surface area contributed by atoms with Crippen LogP contribution in [0.3, 0.4) is 0 Å². The van der Waals surface area contributed by atoms with Crippen LogP contribution in [0.1, 0.15) is 34.3 Å². The Kier molecular flexibility index (Phi) is 5.30. The van der Waals surface area contributed by atoms with Crippen LogP contribution in [0.4, 0.5) is 0 Å². The van der Waals surface area contributed by atoms with Crippen molar-refractivity contribution in [1.82, 2.24) is 10.3 Å². The van der Waals surface area contributed by atoms with Gasteiger partial charge in [0.15, 0.2) is 0 Å². The van der Waals surface area contributed by atoms with Crippen LogP contribution >= 0.6 is 0 Å². The Balaban J connectivity index is 1.69. The van der Waals surface area contributed by atoms with Gasteiger partial charge in [0.25, 0.3) is 5.91 Å². The molecule has 1 amide bonds. The van der Waals surface area contributed by atoms with E-state index < -0.39 is 0 Å². The molecule has 3 heteroatoms. The molecule has 1 N–H and O–H groups in total. The quantitative estimate of drug-likeness (QED) is 0.818. The van der Waals surface area contributed by atoms with Gasteiger partial charge in [0.05, 0.1) is 0 Å². The number of aryl methyl sites for hydroxylation is 2. The number of hydrogen-bond acceptors (Lipinski definition) is 2. The SMILES string of the molecule is Cc1ccccc1C(=O)NCCCCc1cccnc1. The summed E-state index contributed by atoms with van der Waals surface area (Å²) in [4.78, 5) is 16.1. The second-order valence-corrected chi connectivity index (χ2v) is 4.89. The van der Waals surface area contributed by atoms with E-state index in [1.807, 2.05) is 43.5 Å². The third-order valence-electron chi connectivity index (χ3n) is 3.29. The number of nitrogens with one attached hydrogen (secondary N) is 1. The maximum atomic E-state index is 12.0. The largest absolute Gasteiger partial charge is 0.352 e. The van der Waals surface area contributed by atoms with Gasteiger partial charge in [-0.05, 0) is 49.4 Å². The summed E-state index contributed by atoms with van der Waals surface area (Å²) in [6, 6.07) is 11.7. The number of benzene rings is 1. The molecule has 0 aliphatic rings. The Morgan fingerprint density at radius 2 is 2.00 bits per heavy atom. The van der Waals surface area contributed by atoms with Crippen LogP contribution in [0.15, 0.2) is 48.8 Å². The summed E-state index contributed by atoms with van der Waals surface area (Å²) in [6.07, 6.45) is 6.72. The minimum Gasteiger partial charge on any atom is -0.352 e. The van der Waals surface area contributed by atoms with E-state index in [2.05, 4.69) is 16.4 Å². The average molecular weight is 268 g/mol. The van der Waals surface area contributed by atoms with Crippen LogP contribution in [0.5, 0.6) is 0 Å². The number of aromatic nitrogens is 1. The van der Waals surface area contributed by atoms with Gasteiger partial charge in [-0.2, -0.15) is 0 Å². The molecule has 0 fully saturated rings. The molecule has 2 rings (SSSR count). The van der Waals surface area contributed by atoms with Gasteiger partial charge in [0.1, 0.15) is 0 Å². The van der Waals surface area contributed by atoms with E-state index in [4.69, 9.17) is 0 Å². The van der Waals surface area contributed by atoms with Gasteiger partial charge in [-0.3, -0.25) is 9.78 Å². The maximum Gasteiger partial charge on any atom is 0.251 e. The van der Waals surface area contributed by atoms with Crippen molar-refractivity contribution in [2.75, 3.05) is 6.54 Å². The van der Waals surface area contributed by atoms with Crippen LogP contribution in [0.2, 0.25) is 0 Å². The molecular weight excluding hydrogens is 248 g/mol. The molecule has 0 saturated heterocycles. The molecule has 0 radical (unpaired) electrons. The first kappa shape index (κ1) is 14.3. The third kappa shape index (κ3) is 4.19. The molecule has 0 aliphatic heterocycles. The van der Waals surface area contributed by atoms with E-state index in [-0.39, 0.29) is 5.91 Å². The zero-order valence-corrected chi connectivity index (χ0v) is 11.8. The van der Waals surface area contributed by atoms with Crippen LogP contribution < -0.4 is 5.32 Å². The molecule has 104 valence electrons. The van der Waals surface area contributed by atoms with Gasteiger partial charge < -0.3 is 5.32 Å². The molecule has 0 bridgehead atoms. The van der Waals surface area contributed by atoms with Crippen molar-refractivity contribution in [3.05, 3.63) is 65.5 Å². The van der Waals surface area contributed by atoms with Crippen molar-refractivity contribution in [2.45, 2.75) is 26.2 Å². The van der Waals surface area contributed by atoms with Crippen LogP contribution in [-0.4, -0.2) is 17.4 Å². The number of amides is 1. The highest BCUT2D eigenvalue weighted by Gasteiger charge is 2.06. The van der Waals surface area contributed by atoms with E-state index in [1.54, 1.807) is 6.20 Å². The van der Waals surface area contributed by atoms with Gasteiger partial charge in [0.2, 0.25) is 0 Å². The van der Waals surface area contributed by atoms with Gasteiger partial charge in [-0.1, -0.05) is 24.3 Å². The highest BCUT2D eigenvalue weighted by atomic mass is 16.1. The summed E-state index contributed by atoms with van der Waals surface area (Å²) >= 11 is 0. The minimum absolute atomic E-state index is 0.0180. The summed E-state index contributed by atoms with van der Waals surface area (Å²) in [5.41, 5.74) is 3.03. The lowest BCUT2D eigenvalue weighted by Crippen LogP contribution is -2.25. The second kappa shape index (κ2) is 7.43. The smallest absolute Gasteiger partial charge is 0.251 e. The number of nitrogens with zero attached hydrogens (tertiary/aromatic N) is 1. The summed E-state index contributed by atoms with van der Waals surface area (Å²) in [5, 5.41) is 2.97. The monoisotopic (exact) mass is 268 g/mol. The van der Waals surface area contributed by atoms with Crippen molar-refractivity contribution in [3.8, 4) is 0 Å². The highest BCUT2D eigenvalue weighted by Crippen LogP contribution is 2.07. The van der Waals surface area contributed by atoms with Crippen molar-refractivity contribution >= 4 is 5.91 Å². The zero-order valence-electron chi connectivity index (χ0n) is 11.8. The fourth-order valence-corrected chi connectivity index (χ4v) is 2.12. The Morgan fingerprint density at radius 3 is 2.75 bits per heavy atom. The molecule has 0 atom stereocenters. The van der Waals surface area contributed by atoms with Crippen molar-refractivity contribution in [2.24, 2.45) is 0 Å². The molecule has 0 spiro atoms. The molecular formula is C17H20N2O. The van der Waals surface area contributed by atoms with Crippen LogP contribution in [-0.2, 0) is 6.42 Å². The first-order chi connectivity index (χ1) is 9.77. The highest BCUT2D eigenvalue weighted by molar-refractivity contribution is 5.95. The number of pyridine rings is 1. The van der Waals surface area contributed by atoms with Crippen LogP contribution in [0, 0.1) is 6.92 Å². The molecule has 0 saturated carbocycles. The van der Waals surface area contributed by atoms with Gasteiger partial charge >= 0.3 is 0 Å². The Labute approximate surface area is 120 Å². The predicted molar refractivity (Wildman–Crippen MR) is 80.7 cm³/mol. The minimum atomic E-state index is 0.0180. The lowest BCUT2D eigenvalue weighted by atomic mass is 10.1. The number of unbranched alkanes of at least 4 members (excludes halogenated alkanes) is 1. The molecule has 1 aromatic carbocycles. The van der Waals surface area contributed by atoms with Gasteiger partial charge in [-0.25, -0.2) is 0 Å². The normalized spacial score (nSPS) is 10.2.